The van der Waals surface area contributed by atoms with Crippen molar-refractivity contribution >= 4 is 23.4 Å². The number of anilines is 2. The van der Waals surface area contributed by atoms with Crippen LogP contribution in [0.5, 0.6) is 0 Å². The molecule has 1 aliphatic carbocycles. The molecule has 1 saturated carbocycles. The van der Waals surface area contributed by atoms with Crippen LogP contribution in [-0.2, 0) is 0 Å². The summed E-state index contributed by atoms with van der Waals surface area (Å²) in [7, 11) is 1.94. The summed E-state index contributed by atoms with van der Waals surface area (Å²) in [6.45, 7) is 3.15. The summed E-state index contributed by atoms with van der Waals surface area (Å²) in [5.74, 6) is 7.03. The maximum absolute atomic E-state index is 4.76. The zero-order valence-corrected chi connectivity index (χ0v) is 13.2. The molecule has 2 aliphatic rings. The Labute approximate surface area is 125 Å². The third-order valence-corrected chi connectivity index (χ3v) is 5.29. The van der Waals surface area contributed by atoms with Crippen molar-refractivity contribution in [3.63, 3.8) is 0 Å². The van der Waals surface area contributed by atoms with Crippen LogP contribution in [0.15, 0.2) is 0 Å². The normalized spacial score (nSPS) is 19.9. The molecule has 1 saturated heterocycles. The zero-order valence-electron chi connectivity index (χ0n) is 12.4. The van der Waals surface area contributed by atoms with E-state index in [1.807, 2.05) is 7.05 Å². The van der Waals surface area contributed by atoms with Gasteiger partial charge in [0, 0.05) is 25.1 Å². The molecule has 2 fully saturated rings. The summed E-state index contributed by atoms with van der Waals surface area (Å²) in [4.78, 5) is 9.40. The van der Waals surface area contributed by atoms with Crippen LogP contribution in [0, 0.1) is 12.8 Å². The minimum Gasteiger partial charge on any atom is -0.373 e. The highest BCUT2D eigenvalue weighted by Gasteiger charge is 2.28. The van der Waals surface area contributed by atoms with E-state index in [1.54, 1.807) is 0 Å². The van der Waals surface area contributed by atoms with Crippen LogP contribution in [0.4, 0.5) is 11.6 Å². The lowest BCUT2D eigenvalue weighted by Crippen LogP contribution is -2.20. The summed E-state index contributed by atoms with van der Waals surface area (Å²) in [5.41, 5.74) is 1.14. The van der Waals surface area contributed by atoms with Crippen molar-refractivity contribution < 1.29 is 0 Å². The van der Waals surface area contributed by atoms with Crippen molar-refractivity contribution in [2.45, 2.75) is 38.5 Å². The van der Waals surface area contributed by atoms with Gasteiger partial charge in [-0.3, -0.25) is 0 Å². The van der Waals surface area contributed by atoms with Gasteiger partial charge in [0.25, 0.3) is 0 Å². The quantitative estimate of drug-likeness (QED) is 0.872. The third kappa shape index (κ3) is 3.19. The Balaban J connectivity index is 1.71. The molecule has 2 N–H and O–H groups in total. The predicted octanol–water partition coefficient (Wildman–Crippen LogP) is 3.26. The molecule has 0 radical (unpaired) electrons. The summed E-state index contributed by atoms with van der Waals surface area (Å²) in [5, 5.41) is 6.78. The SMILES string of the molecule is CNc1nc(C2CC2)nc(NCC2CCSCC2)c1C. The summed E-state index contributed by atoms with van der Waals surface area (Å²) in [6, 6.07) is 0. The van der Waals surface area contributed by atoms with Gasteiger partial charge in [0.2, 0.25) is 0 Å². The van der Waals surface area contributed by atoms with Crippen molar-refractivity contribution in [1.29, 1.82) is 0 Å². The van der Waals surface area contributed by atoms with Crippen LogP contribution < -0.4 is 10.6 Å². The molecule has 1 aliphatic heterocycles. The molecule has 4 nitrogen and oxygen atoms in total. The van der Waals surface area contributed by atoms with E-state index in [-0.39, 0.29) is 0 Å². The maximum atomic E-state index is 4.76. The maximum Gasteiger partial charge on any atom is 0.136 e. The average molecular weight is 292 g/mol. The van der Waals surface area contributed by atoms with Crippen LogP contribution in [-0.4, -0.2) is 35.1 Å². The Hall–Kier alpha value is -0.970. The fourth-order valence-electron chi connectivity index (χ4n) is 2.67. The third-order valence-electron chi connectivity index (χ3n) is 4.24. The molecule has 1 aromatic rings. The molecule has 1 aromatic heterocycles. The van der Waals surface area contributed by atoms with Gasteiger partial charge in [-0.2, -0.15) is 11.8 Å². The first kappa shape index (κ1) is 14.0. The van der Waals surface area contributed by atoms with Crippen molar-refractivity contribution in [1.82, 2.24) is 9.97 Å². The van der Waals surface area contributed by atoms with Gasteiger partial charge in [-0.1, -0.05) is 0 Å². The Morgan fingerprint density at radius 1 is 1.10 bits per heavy atom. The fraction of sp³-hybridized carbons (Fsp3) is 0.733. The Bertz CT molecular complexity index is 467. The van der Waals surface area contributed by atoms with Gasteiger partial charge in [0.1, 0.15) is 17.5 Å². The highest BCUT2D eigenvalue weighted by atomic mass is 32.2. The molecule has 110 valence electrons. The molecular weight excluding hydrogens is 268 g/mol. The van der Waals surface area contributed by atoms with Gasteiger partial charge < -0.3 is 10.6 Å². The first-order chi connectivity index (χ1) is 9.78. The molecule has 0 spiro atoms. The molecule has 0 aromatic carbocycles. The van der Waals surface area contributed by atoms with Gasteiger partial charge >= 0.3 is 0 Å². The predicted molar refractivity (Wildman–Crippen MR) is 86.8 cm³/mol. The number of aromatic nitrogens is 2. The zero-order chi connectivity index (χ0) is 13.9. The molecular formula is C15H24N4S. The summed E-state index contributed by atoms with van der Waals surface area (Å²) < 4.78 is 0. The van der Waals surface area contributed by atoms with E-state index in [4.69, 9.17) is 4.98 Å². The molecule has 2 heterocycles. The van der Waals surface area contributed by atoms with E-state index in [0.29, 0.717) is 5.92 Å². The monoisotopic (exact) mass is 292 g/mol. The Kier molecular flexibility index (Phi) is 4.34. The summed E-state index contributed by atoms with van der Waals surface area (Å²) in [6.07, 6.45) is 5.14. The highest BCUT2D eigenvalue weighted by Crippen LogP contribution is 2.39. The first-order valence-corrected chi connectivity index (χ1v) is 8.81. The molecule has 5 heteroatoms. The van der Waals surface area contributed by atoms with Gasteiger partial charge in [0.05, 0.1) is 0 Å². The number of nitrogens with one attached hydrogen (secondary N) is 2. The van der Waals surface area contributed by atoms with Gasteiger partial charge in [-0.15, -0.1) is 0 Å². The van der Waals surface area contributed by atoms with Crippen LogP contribution in [0.1, 0.15) is 43.0 Å². The van der Waals surface area contributed by atoms with Crippen LogP contribution >= 0.6 is 11.8 Å². The molecule has 0 unspecified atom stereocenters. The van der Waals surface area contributed by atoms with E-state index in [0.717, 1.165) is 35.5 Å². The van der Waals surface area contributed by atoms with E-state index in [9.17, 15) is 0 Å². The van der Waals surface area contributed by atoms with E-state index in [1.165, 1.54) is 37.2 Å². The van der Waals surface area contributed by atoms with Crippen LogP contribution in [0.25, 0.3) is 0 Å². The number of thioether (sulfide) groups is 1. The van der Waals surface area contributed by atoms with Crippen molar-refractivity contribution in [3.05, 3.63) is 11.4 Å². The molecule has 0 bridgehead atoms. The topological polar surface area (TPSA) is 49.8 Å². The lowest BCUT2D eigenvalue weighted by atomic mass is 10.0. The first-order valence-electron chi connectivity index (χ1n) is 7.66. The Morgan fingerprint density at radius 2 is 1.80 bits per heavy atom. The van der Waals surface area contributed by atoms with Gasteiger partial charge in [-0.25, -0.2) is 9.97 Å². The molecule has 0 amide bonds. The minimum atomic E-state index is 0.592. The highest BCUT2D eigenvalue weighted by molar-refractivity contribution is 7.99. The second-order valence-corrected chi connectivity index (χ2v) is 7.09. The fourth-order valence-corrected chi connectivity index (χ4v) is 3.87. The second kappa shape index (κ2) is 6.20. The van der Waals surface area contributed by atoms with Crippen LogP contribution in [0.2, 0.25) is 0 Å². The van der Waals surface area contributed by atoms with Crippen molar-refractivity contribution in [2.75, 3.05) is 35.7 Å². The van der Waals surface area contributed by atoms with Gasteiger partial charge in [0.15, 0.2) is 0 Å². The lowest BCUT2D eigenvalue weighted by Gasteiger charge is -2.22. The minimum absolute atomic E-state index is 0.592. The number of hydrogen-bond acceptors (Lipinski definition) is 5. The van der Waals surface area contributed by atoms with Crippen molar-refractivity contribution in [2.24, 2.45) is 5.92 Å². The number of hydrogen-bond donors (Lipinski definition) is 2. The van der Waals surface area contributed by atoms with Crippen LogP contribution in [0.3, 0.4) is 0 Å². The lowest BCUT2D eigenvalue weighted by molar-refractivity contribution is 0.515. The Morgan fingerprint density at radius 3 is 2.45 bits per heavy atom. The average Bonchev–Trinajstić information content (AvgIpc) is 3.32. The summed E-state index contributed by atoms with van der Waals surface area (Å²) >= 11 is 2.08. The molecule has 20 heavy (non-hydrogen) atoms. The van der Waals surface area contributed by atoms with E-state index in [2.05, 4.69) is 34.3 Å². The molecule has 3 rings (SSSR count). The smallest absolute Gasteiger partial charge is 0.136 e. The standard InChI is InChI=1S/C15H24N4S/c1-10-13(16-2)18-15(12-3-4-12)19-14(10)17-9-11-5-7-20-8-6-11/h11-12H,3-9H2,1-2H3,(H2,16,17,18,19). The largest absolute Gasteiger partial charge is 0.373 e. The van der Waals surface area contributed by atoms with Crippen molar-refractivity contribution in [3.8, 4) is 0 Å². The number of nitrogens with zero attached hydrogens (tertiary/aromatic N) is 2. The van der Waals surface area contributed by atoms with E-state index >= 15 is 0 Å². The van der Waals surface area contributed by atoms with E-state index < -0.39 is 0 Å². The molecule has 0 atom stereocenters. The number of rotatable bonds is 5. The van der Waals surface area contributed by atoms with Gasteiger partial charge in [-0.05, 0) is 50.0 Å². The second-order valence-electron chi connectivity index (χ2n) is 5.86.